The van der Waals surface area contributed by atoms with Crippen molar-refractivity contribution in [3.8, 4) is 5.75 Å². The highest BCUT2D eigenvalue weighted by Gasteiger charge is 2.06. The summed E-state index contributed by atoms with van der Waals surface area (Å²) in [5.74, 6) is 0.831. The molecule has 0 amide bonds. The molecule has 1 atom stereocenters. The third kappa shape index (κ3) is 6.89. The maximum Gasteiger partial charge on any atom is 0.122 e. The lowest BCUT2D eigenvalue weighted by molar-refractivity contribution is 0.106. The van der Waals surface area contributed by atoms with E-state index in [1.54, 1.807) is 0 Å². The highest BCUT2D eigenvalue weighted by atomic mass is 16.5. The maximum atomic E-state index is 9.83. The Morgan fingerprint density at radius 1 is 1.20 bits per heavy atom. The summed E-state index contributed by atoms with van der Waals surface area (Å²) in [4.78, 5) is 0. The van der Waals surface area contributed by atoms with E-state index in [0.29, 0.717) is 13.2 Å². The largest absolute Gasteiger partial charge is 0.491 e. The number of hydrogen-bond acceptors (Lipinski definition) is 4. The minimum absolute atomic E-state index is 0.256. The summed E-state index contributed by atoms with van der Waals surface area (Å²) in [7, 11) is 0. The third-order valence-electron chi connectivity index (χ3n) is 3.15. The minimum Gasteiger partial charge on any atom is -0.491 e. The number of nitrogens with one attached hydrogen (secondary N) is 1. The second kappa shape index (κ2) is 9.75. The fourth-order valence-corrected chi connectivity index (χ4v) is 2.01. The first-order chi connectivity index (χ1) is 9.63. The van der Waals surface area contributed by atoms with Crippen molar-refractivity contribution in [3.05, 3.63) is 29.3 Å². The number of hydrogen-bond donors (Lipinski definition) is 3. The van der Waals surface area contributed by atoms with Crippen LogP contribution in [-0.4, -0.2) is 42.6 Å². The summed E-state index contributed by atoms with van der Waals surface area (Å²) in [5.41, 5.74) is 2.30. The molecular formula is C16H27NO3. The van der Waals surface area contributed by atoms with Gasteiger partial charge < -0.3 is 20.3 Å². The number of unbranched alkanes of at least 4 members (excludes halogenated alkanes) is 2. The normalized spacial score (nSPS) is 12.4. The molecule has 0 bridgehead atoms. The lowest BCUT2D eigenvalue weighted by Crippen LogP contribution is -2.32. The Balaban J connectivity index is 2.14. The van der Waals surface area contributed by atoms with E-state index < -0.39 is 6.10 Å². The Labute approximate surface area is 121 Å². The standard InChI is InChI=1S/C16H27NO3/c1-13-6-7-16(14(2)10-13)20-12-15(19)11-17-8-4-3-5-9-18/h6-7,10,15,17-19H,3-5,8-9,11-12H2,1-2H3. The quantitative estimate of drug-likeness (QED) is 0.572. The summed E-state index contributed by atoms with van der Waals surface area (Å²) in [6.45, 7) is 6.00. The molecule has 1 aromatic carbocycles. The number of benzene rings is 1. The lowest BCUT2D eigenvalue weighted by atomic mass is 10.1. The number of aliphatic hydroxyl groups is 2. The van der Waals surface area contributed by atoms with E-state index in [-0.39, 0.29) is 6.61 Å². The topological polar surface area (TPSA) is 61.7 Å². The second-order valence-electron chi connectivity index (χ2n) is 5.22. The van der Waals surface area contributed by atoms with E-state index in [9.17, 15) is 5.11 Å². The fourth-order valence-electron chi connectivity index (χ4n) is 2.01. The minimum atomic E-state index is -0.506. The molecule has 0 radical (unpaired) electrons. The first-order valence-electron chi connectivity index (χ1n) is 7.33. The van der Waals surface area contributed by atoms with Gasteiger partial charge in [-0.2, -0.15) is 0 Å². The van der Waals surface area contributed by atoms with Crippen LogP contribution >= 0.6 is 0 Å². The average Bonchev–Trinajstić information content (AvgIpc) is 2.41. The second-order valence-corrected chi connectivity index (χ2v) is 5.22. The van der Waals surface area contributed by atoms with Gasteiger partial charge in [0.25, 0.3) is 0 Å². The van der Waals surface area contributed by atoms with Crippen LogP contribution in [-0.2, 0) is 0 Å². The Bertz CT molecular complexity index is 382. The monoisotopic (exact) mass is 281 g/mol. The predicted molar refractivity (Wildman–Crippen MR) is 81.2 cm³/mol. The molecule has 0 aromatic heterocycles. The highest BCUT2D eigenvalue weighted by molar-refractivity contribution is 5.35. The van der Waals surface area contributed by atoms with Gasteiger partial charge in [-0.1, -0.05) is 17.7 Å². The van der Waals surface area contributed by atoms with E-state index in [1.807, 2.05) is 26.0 Å². The molecule has 0 saturated carbocycles. The van der Waals surface area contributed by atoms with Gasteiger partial charge in [-0.3, -0.25) is 0 Å². The molecule has 0 saturated heterocycles. The van der Waals surface area contributed by atoms with Crippen molar-refractivity contribution in [3.63, 3.8) is 0 Å². The Hall–Kier alpha value is -1.10. The molecule has 0 aliphatic rings. The van der Waals surface area contributed by atoms with Crippen LogP contribution in [0, 0.1) is 13.8 Å². The third-order valence-corrected chi connectivity index (χ3v) is 3.15. The van der Waals surface area contributed by atoms with Crippen molar-refractivity contribution >= 4 is 0 Å². The van der Waals surface area contributed by atoms with Gasteiger partial charge >= 0.3 is 0 Å². The Kier molecular flexibility index (Phi) is 8.26. The summed E-state index contributed by atoms with van der Waals surface area (Å²) >= 11 is 0. The molecule has 114 valence electrons. The Morgan fingerprint density at radius 3 is 2.70 bits per heavy atom. The number of aryl methyl sites for hydroxylation is 2. The summed E-state index contributed by atoms with van der Waals surface area (Å²) < 4.78 is 5.63. The molecule has 0 spiro atoms. The van der Waals surface area contributed by atoms with Gasteiger partial charge in [-0.05, 0) is 51.3 Å². The van der Waals surface area contributed by atoms with Crippen molar-refractivity contribution in [1.82, 2.24) is 5.32 Å². The van der Waals surface area contributed by atoms with Gasteiger partial charge in [0.05, 0.1) is 0 Å². The van der Waals surface area contributed by atoms with Crippen LogP contribution in [0.3, 0.4) is 0 Å². The molecule has 0 heterocycles. The molecule has 3 N–H and O–H groups in total. The maximum absolute atomic E-state index is 9.83. The van der Waals surface area contributed by atoms with Crippen molar-refractivity contribution in [2.24, 2.45) is 0 Å². The lowest BCUT2D eigenvalue weighted by Gasteiger charge is -2.14. The van der Waals surface area contributed by atoms with E-state index in [0.717, 1.165) is 37.1 Å². The van der Waals surface area contributed by atoms with Crippen LogP contribution in [0.1, 0.15) is 30.4 Å². The molecule has 0 aliphatic heterocycles. The molecule has 1 rings (SSSR count). The molecule has 1 unspecified atom stereocenters. The van der Waals surface area contributed by atoms with E-state index >= 15 is 0 Å². The van der Waals surface area contributed by atoms with Gasteiger partial charge in [0.2, 0.25) is 0 Å². The summed E-state index contributed by atoms with van der Waals surface area (Å²) in [5, 5.41) is 21.7. The molecule has 0 fully saturated rings. The van der Waals surface area contributed by atoms with Crippen LogP contribution in [0.2, 0.25) is 0 Å². The molecule has 4 heteroatoms. The molecule has 0 aliphatic carbocycles. The predicted octanol–water partition coefficient (Wildman–Crippen LogP) is 1.80. The van der Waals surface area contributed by atoms with E-state index in [2.05, 4.69) is 11.4 Å². The van der Waals surface area contributed by atoms with Gasteiger partial charge in [-0.25, -0.2) is 0 Å². The number of aliphatic hydroxyl groups excluding tert-OH is 2. The van der Waals surface area contributed by atoms with Crippen LogP contribution in [0.15, 0.2) is 18.2 Å². The van der Waals surface area contributed by atoms with Crippen LogP contribution in [0.4, 0.5) is 0 Å². The first-order valence-corrected chi connectivity index (χ1v) is 7.33. The Morgan fingerprint density at radius 2 is 2.00 bits per heavy atom. The van der Waals surface area contributed by atoms with Gasteiger partial charge in [0.15, 0.2) is 0 Å². The van der Waals surface area contributed by atoms with Crippen molar-refractivity contribution in [1.29, 1.82) is 0 Å². The summed E-state index contributed by atoms with van der Waals surface area (Å²) in [6.07, 6.45) is 2.37. The van der Waals surface area contributed by atoms with Gasteiger partial charge in [-0.15, -0.1) is 0 Å². The van der Waals surface area contributed by atoms with Gasteiger partial charge in [0, 0.05) is 13.2 Å². The molecule has 20 heavy (non-hydrogen) atoms. The highest BCUT2D eigenvalue weighted by Crippen LogP contribution is 2.18. The smallest absolute Gasteiger partial charge is 0.122 e. The zero-order valence-corrected chi connectivity index (χ0v) is 12.6. The number of rotatable bonds is 10. The summed E-state index contributed by atoms with van der Waals surface area (Å²) in [6, 6.07) is 6.02. The fraction of sp³-hybridized carbons (Fsp3) is 0.625. The molecule has 4 nitrogen and oxygen atoms in total. The van der Waals surface area contributed by atoms with Crippen LogP contribution < -0.4 is 10.1 Å². The van der Waals surface area contributed by atoms with E-state index in [4.69, 9.17) is 9.84 Å². The number of ether oxygens (including phenoxy) is 1. The first kappa shape index (κ1) is 17.0. The van der Waals surface area contributed by atoms with Crippen molar-refractivity contribution < 1.29 is 14.9 Å². The zero-order valence-electron chi connectivity index (χ0n) is 12.6. The van der Waals surface area contributed by atoms with Crippen LogP contribution in [0.5, 0.6) is 5.75 Å². The van der Waals surface area contributed by atoms with Gasteiger partial charge in [0.1, 0.15) is 18.5 Å². The molecule has 1 aromatic rings. The van der Waals surface area contributed by atoms with E-state index in [1.165, 1.54) is 5.56 Å². The average molecular weight is 281 g/mol. The zero-order chi connectivity index (χ0) is 14.8. The van der Waals surface area contributed by atoms with Crippen molar-refractivity contribution in [2.45, 2.75) is 39.2 Å². The van der Waals surface area contributed by atoms with Crippen molar-refractivity contribution in [2.75, 3.05) is 26.3 Å². The SMILES string of the molecule is Cc1ccc(OCC(O)CNCCCCCO)c(C)c1. The molecular weight excluding hydrogens is 254 g/mol. The van der Waals surface area contributed by atoms with Crippen LogP contribution in [0.25, 0.3) is 0 Å².